The Labute approximate surface area is 102 Å². The summed E-state index contributed by atoms with van der Waals surface area (Å²) in [6.07, 6.45) is -4.18. The largest absolute Gasteiger partial charge is 0.402 e. The van der Waals surface area contributed by atoms with Crippen molar-refractivity contribution >= 4 is 10.2 Å². The van der Waals surface area contributed by atoms with Gasteiger partial charge < -0.3 is 10.5 Å². The molecule has 0 spiro atoms. The molecular weight excluding hydrogens is 275 g/mol. The average molecular weight is 289 g/mol. The Morgan fingerprint density at radius 1 is 1.39 bits per heavy atom. The lowest BCUT2D eigenvalue weighted by atomic mass is 9.73. The zero-order valence-electron chi connectivity index (χ0n) is 9.27. The van der Waals surface area contributed by atoms with Crippen LogP contribution in [0.25, 0.3) is 0 Å². The number of alkyl halides is 3. The second-order valence-corrected chi connectivity index (χ2v) is 5.98. The lowest BCUT2D eigenvalue weighted by Crippen LogP contribution is -2.69. The second kappa shape index (κ2) is 4.60. The van der Waals surface area contributed by atoms with Crippen molar-refractivity contribution in [3.63, 3.8) is 0 Å². The van der Waals surface area contributed by atoms with Crippen molar-refractivity contribution in [1.82, 2.24) is 9.44 Å². The van der Waals surface area contributed by atoms with Gasteiger partial charge in [0.1, 0.15) is 6.54 Å². The van der Waals surface area contributed by atoms with Crippen LogP contribution in [0.3, 0.4) is 0 Å². The summed E-state index contributed by atoms with van der Waals surface area (Å²) in [7, 11) is -4.23. The van der Waals surface area contributed by atoms with Gasteiger partial charge in [-0.3, -0.25) is 0 Å². The van der Waals surface area contributed by atoms with Gasteiger partial charge in [0.15, 0.2) is 0 Å². The van der Waals surface area contributed by atoms with E-state index in [0.717, 1.165) is 6.42 Å². The normalized spacial score (nSPS) is 36.2. The topological polar surface area (TPSA) is 93.4 Å². The van der Waals surface area contributed by atoms with E-state index in [4.69, 9.17) is 10.5 Å². The third-order valence-electron chi connectivity index (χ3n) is 3.20. The van der Waals surface area contributed by atoms with Gasteiger partial charge in [-0.15, -0.1) is 0 Å². The van der Waals surface area contributed by atoms with Crippen LogP contribution in [0.1, 0.15) is 6.42 Å². The Morgan fingerprint density at radius 3 is 2.67 bits per heavy atom. The van der Waals surface area contributed by atoms with E-state index in [2.05, 4.69) is 4.72 Å². The molecule has 0 bridgehead atoms. The van der Waals surface area contributed by atoms with Crippen molar-refractivity contribution in [1.29, 1.82) is 0 Å². The van der Waals surface area contributed by atoms with E-state index in [9.17, 15) is 21.6 Å². The highest BCUT2D eigenvalue weighted by molar-refractivity contribution is 7.87. The van der Waals surface area contributed by atoms with Crippen LogP contribution < -0.4 is 15.2 Å². The molecule has 106 valence electrons. The van der Waals surface area contributed by atoms with Crippen LogP contribution in [-0.2, 0) is 14.9 Å². The summed E-state index contributed by atoms with van der Waals surface area (Å²) in [5.41, 5.74) is 5.74. The fourth-order valence-electron chi connectivity index (χ4n) is 2.29. The molecule has 0 aromatic rings. The first kappa shape index (κ1) is 14.0. The highest BCUT2D eigenvalue weighted by Gasteiger charge is 2.53. The van der Waals surface area contributed by atoms with Gasteiger partial charge in [-0.1, -0.05) is 0 Å². The lowest BCUT2D eigenvalue weighted by molar-refractivity contribution is -0.121. The van der Waals surface area contributed by atoms with Gasteiger partial charge in [0, 0.05) is 18.6 Å². The van der Waals surface area contributed by atoms with E-state index >= 15 is 0 Å². The fourth-order valence-corrected chi connectivity index (χ4v) is 3.38. The summed E-state index contributed by atoms with van der Waals surface area (Å²) >= 11 is 0. The number of nitrogens with two attached hydrogens (primary N) is 1. The van der Waals surface area contributed by atoms with Crippen LogP contribution in [0, 0.1) is 5.92 Å². The van der Waals surface area contributed by atoms with Gasteiger partial charge >= 0.3 is 6.18 Å². The third kappa shape index (κ3) is 2.94. The van der Waals surface area contributed by atoms with Crippen LogP contribution in [0.15, 0.2) is 0 Å². The minimum absolute atomic E-state index is 0.0836. The molecule has 10 heteroatoms. The van der Waals surface area contributed by atoms with Crippen LogP contribution in [0.5, 0.6) is 0 Å². The molecule has 4 N–H and O–H groups in total. The standard InChI is InChI=1S/C8H14F3N3O3S/c9-8(10,11)3-13-18(15,16)14-6-5(12)4-1-2-17-7(4)6/h4-7,13-14H,1-3,12H2. The molecule has 1 aliphatic carbocycles. The van der Waals surface area contributed by atoms with Crippen molar-refractivity contribution in [3.8, 4) is 0 Å². The van der Waals surface area contributed by atoms with Gasteiger partial charge in [0.05, 0.1) is 12.1 Å². The maximum absolute atomic E-state index is 11.9. The Bertz CT molecular complexity index is 414. The zero-order valence-corrected chi connectivity index (χ0v) is 10.1. The van der Waals surface area contributed by atoms with E-state index in [1.807, 2.05) is 0 Å². The van der Waals surface area contributed by atoms with Crippen LogP contribution >= 0.6 is 0 Å². The number of rotatable bonds is 4. The van der Waals surface area contributed by atoms with Gasteiger partial charge in [-0.05, 0) is 6.42 Å². The van der Waals surface area contributed by atoms with E-state index in [0.29, 0.717) is 6.61 Å². The molecule has 2 fully saturated rings. The third-order valence-corrected chi connectivity index (χ3v) is 4.31. The molecule has 1 heterocycles. The van der Waals surface area contributed by atoms with Crippen molar-refractivity contribution in [2.75, 3.05) is 13.2 Å². The predicted octanol–water partition coefficient (Wildman–Crippen LogP) is -0.913. The van der Waals surface area contributed by atoms with Gasteiger partial charge in [-0.25, -0.2) is 0 Å². The number of hydrogen-bond acceptors (Lipinski definition) is 4. The molecule has 1 saturated carbocycles. The summed E-state index contributed by atoms with van der Waals surface area (Å²) in [6, 6.07) is -1.08. The Hall–Kier alpha value is -0.420. The van der Waals surface area contributed by atoms with Gasteiger partial charge in [0.2, 0.25) is 0 Å². The lowest BCUT2D eigenvalue weighted by Gasteiger charge is -2.45. The summed E-state index contributed by atoms with van der Waals surface area (Å²) in [4.78, 5) is 0. The van der Waals surface area contributed by atoms with Gasteiger partial charge in [0.25, 0.3) is 10.2 Å². The van der Waals surface area contributed by atoms with Crippen molar-refractivity contribution in [2.45, 2.75) is 30.8 Å². The monoisotopic (exact) mass is 289 g/mol. The first-order valence-corrected chi connectivity index (χ1v) is 6.89. The molecule has 4 unspecified atom stereocenters. The number of nitrogens with one attached hydrogen (secondary N) is 2. The van der Waals surface area contributed by atoms with Crippen LogP contribution in [-0.4, -0.2) is 45.9 Å². The second-order valence-electron chi connectivity index (χ2n) is 4.45. The first-order valence-electron chi connectivity index (χ1n) is 5.40. The molecule has 4 atom stereocenters. The predicted molar refractivity (Wildman–Crippen MR) is 55.7 cm³/mol. The molecule has 0 aromatic heterocycles. The smallest absolute Gasteiger partial charge is 0.376 e. The fraction of sp³-hybridized carbons (Fsp3) is 1.00. The molecule has 0 amide bonds. The maximum Gasteiger partial charge on any atom is 0.402 e. The number of hydrogen-bond donors (Lipinski definition) is 3. The summed E-state index contributed by atoms with van der Waals surface area (Å²) in [5, 5.41) is 0. The summed E-state index contributed by atoms with van der Waals surface area (Å²) in [5.74, 6) is 0.0836. The van der Waals surface area contributed by atoms with E-state index in [1.165, 1.54) is 4.72 Å². The van der Waals surface area contributed by atoms with E-state index in [-0.39, 0.29) is 12.0 Å². The maximum atomic E-state index is 11.9. The molecule has 0 aromatic carbocycles. The quantitative estimate of drug-likeness (QED) is 0.624. The number of halogens is 3. The minimum Gasteiger partial charge on any atom is -0.376 e. The molecular formula is C8H14F3N3O3S. The van der Waals surface area contributed by atoms with Crippen LogP contribution in [0.4, 0.5) is 13.2 Å². The molecule has 1 aliphatic heterocycles. The molecule has 18 heavy (non-hydrogen) atoms. The average Bonchev–Trinajstić information content (AvgIpc) is 2.67. The van der Waals surface area contributed by atoms with Gasteiger partial charge in [-0.2, -0.15) is 31.0 Å². The molecule has 2 aliphatic rings. The van der Waals surface area contributed by atoms with E-state index in [1.54, 1.807) is 0 Å². The van der Waals surface area contributed by atoms with Crippen molar-refractivity contribution < 1.29 is 26.3 Å². The van der Waals surface area contributed by atoms with Crippen molar-refractivity contribution in [3.05, 3.63) is 0 Å². The van der Waals surface area contributed by atoms with E-state index < -0.39 is 35.0 Å². The summed E-state index contributed by atoms with van der Waals surface area (Å²) in [6.45, 7) is -1.11. The Morgan fingerprint density at radius 2 is 2.06 bits per heavy atom. The SMILES string of the molecule is NC1C2CCOC2C1NS(=O)(=O)NCC(F)(F)F. The molecule has 6 nitrogen and oxygen atoms in total. The zero-order chi connectivity index (χ0) is 13.6. The number of ether oxygens (including phenoxy) is 1. The minimum atomic E-state index is -4.59. The first-order chi connectivity index (χ1) is 8.20. The van der Waals surface area contributed by atoms with Crippen LogP contribution in [0.2, 0.25) is 0 Å². The Kier molecular flexibility index (Phi) is 3.58. The highest BCUT2D eigenvalue weighted by atomic mass is 32.2. The number of fused-ring (bicyclic) bond motifs is 1. The van der Waals surface area contributed by atoms with Crippen molar-refractivity contribution in [2.24, 2.45) is 11.7 Å². The molecule has 2 rings (SSSR count). The highest BCUT2D eigenvalue weighted by Crippen LogP contribution is 2.37. The molecule has 1 saturated heterocycles. The Balaban J connectivity index is 1.89. The summed E-state index contributed by atoms with van der Waals surface area (Å²) < 4.78 is 67.3. The molecule has 0 radical (unpaired) electrons.